The van der Waals surface area contributed by atoms with Gasteiger partial charge in [-0.2, -0.15) is 0 Å². The Hall–Kier alpha value is -4.46. The highest BCUT2D eigenvalue weighted by molar-refractivity contribution is 6.04. The van der Waals surface area contributed by atoms with Crippen molar-refractivity contribution in [2.24, 2.45) is 11.8 Å². The van der Waals surface area contributed by atoms with Crippen molar-refractivity contribution in [1.82, 2.24) is 9.80 Å². The van der Waals surface area contributed by atoms with Gasteiger partial charge >= 0.3 is 0 Å². The van der Waals surface area contributed by atoms with Crippen molar-refractivity contribution in [2.45, 2.75) is 25.8 Å². The molecule has 4 amide bonds. The number of piperidine rings is 1. The molecular weight excluding hydrogens is 504 g/mol. The lowest BCUT2D eigenvalue weighted by atomic mass is 9.94. The number of hydrogen-bond acceptors (Lipinski definition) is 4. The summed E-state index contributed by atoms with van der Waals surface area (Å²) in [7, 11) is 1.75. The van der Waals surface area contributed by atoms with Gasteiger partial charge in [-0.3, -0.25) is 19.2 Å². The van der Waals surface area contributed by atoms with Crippen LogP contribution in [0.4, 0.5) is 11.4 Å². The van der Waals surface area contributed by atoms with Crippen LogP contribution in [0.25, 0.3) is 0 Å². The molecule has 0 aliphatic carbocycles. The molecule has 40 heavy (non-hydrogen) atoms. The number of rotatable bonds is 7. The number of hydrogen-bond donors (Lipinski definition) is 1. The van der Waals surface area contributed by atoms with Gasteiger partial charge in [-0.15, -0.1) is 0 Å². The standard InChI is InChI=1S/C32H34N4O4/c1-34(21-23-10-4-2-5-11-23)32(40)27-14-8-9-15-28(27)33-30(38)24-16-18-35(19-17-24)31(39)25-20-29(37)36(22-25)26-12-6-3-7-13-26/h2-15,24-25H,16-22H2,1H3,(H,33,38). The maximum atomic E-state index is 13.2. The van der Waals surface area contributed by atoms with E-state index < -0.39 is 0 Å². The van der Waals surface area contributed by atoms with Crippen molar-refractivity contribution in [2.75, 3.05) is 36.9 Å². The van der Waals surface area contributed by atoms with E-state index in [1.807, 2.05) is 60.7 Å². The number of likely N-dealkylation sites (tertiary alicyclic amines) is 1. The van der Waals surface area contributed by atoms with Gasteiger partial charge in [0.25, 0.3) is 5.91 Å². The van der Waals surface area contributed by atoms with E-state index in [-0.39, 0.29) is 41.9 Å². The van der Waals surface area contributed by atoms with Crippen LogP contribution in [0.15, 0.2) is 84.9 Å². The summed E-state index contributed by atoms with van der Waals surface area (Å²) in [4.78, 5) is 57.3. The molecule has 2 saturated heterocycles. The second-order valence-electron chi connectivity index (χ2n) is 10.5. The predicted molar refractivity (Wildman–Crippen MR) is 154 cm³/mol. The molecule has 0 saturated carbocycles. The number of amides is 4. The van der Waals surface area contributed by atoms with Gasteiger partial charge in [0, 0.05) is 51.3 Å². The summed E-state index contributed by atoms with van der Waals surface area (Å²) in [5.41, 5.74) is 2.76. The summed E-state index contributed by atoms with van der Waals surface area (Å²) < 4.78 is 0. The number of carbonyl (C=O) groups is 4. The number of anilines is 2. The molecule has 1 unspecified atom stereocenters. The van der Waals surface area contributed by atoms with Crippen molar-refractivity contribution in [3.63, 3.8) is 0 Å². The lowest BCUT2D eigenvalue weighted by Gasteiger charge is -2.33. The first-order valence-corrected chi connectivity index (χ1v) is 13.7. The molecule has 0 spiro atoms. The van der Waals surface area contributed by atoms with Gasteiger partial charge in [0.2, 0.25) is 17.7 Å². The predicted octanol–water partition coefficient (Wildman–Crippen LogP) is 4.19. The molecule has 206 valence electrons. The van der Waals surface area contributed by atoms with E-state index in [4.69, 9.17) is 0 Å². The Morgan fingerprint density at radius 3 is 2.17 bits per heavy atom. The summed E-state index contributed by atoms with van der Waals surface area (Å²) >= 11 is 0. The Labute approximate surface area is 234 Å². The molecule has 3 aromatic carbocycles. The van der Waals surface area contributed by atoms with Crippen LogP contribution in [0.1, 0.15) is 35.2 Å². The summed E-state index contributed by atoms with van der Waals surface area (Å²) in [6, 6.07) is 26.2. The van der Waals surface area contributed by atoms with E-state index in [2.05, 4.69) is 5.32 Å². The molecule has 5 rings (SSSR count). The SMILES string of the molecule is CN(Cc1ccccc1)C(=O)c1ccccc1NC(=O)C1CCN(C(=O)C2CC(=O)N(c3ccccc3)C2)CC1. The first-order chi connectivity index (χ1) is 19.4. The Kier molecular flexibility index (Phi) is 8.24. The van der Waals surface area contributed by atoms with Crippen LogP contribution < -0.4 is 10.2 Å². The normalized spacial score (nSPS) is 17.5. The minimum absolute atomic E-state index is 0.0250. The first kappa shape index (κ1) is 27.1. The van der Waals surface area contributed by atoms with Gasteiger partial charge in [0.15, 0.2) is 0 Å². The van der Waals surface area contributed by atoms with Gasteiger partial charge in [-0.25, -0.2) is 0 Å². The van der Waals surface area contributed by atoms with Crippen molar-refractivity contribution in [3.05, 3.63) is 96.1 Å². The Morgan fingerprint density at radius 2 is 1.48 bits per heavy atom. The topological polar surface area (TPSA) is 90.0 Å². The van der Waals surface area contributed by atoms with Crippen molar-refractivity contribution in [3.8, 4) is 0 Å². The fourth-order valence-corrected chi connectivity index (χ4v) is 5.50. The van der Waals surface area contributed by atoms with Crippen molar-refractivity contribution >= 4 is 35.0 Å². The summed E-state index contributed by atoms with van der Waals surface area (Å²) in [6.07, 6.45) is 1.27. The largest absolute Gasteiger partial charge is 0.342 e. The van der Waals surface area contributed by atoms with E-state index in [1.54, 1.807) is 46.0 Å². The van der Waals surface area contributed by atoms with Gasteiger partial charge in [0.1, 0.15) is 0 Å². The fourth-order valence-electron chi connectivity index (χ4n) is 5.50. The second kappa shape index (κ2) is 12.2. The van der Waals surface area contributed by atoms with E-state index in [1.165, 1.54) is 0 Å². The Bertz CT molecular complexity index is 1370. The molecule has 8 nitrogen and oxygen atoms in total. The molecule has 8 heteroatoms. The molecule has 1 N–H and O–H groups in total. The molecule has 0 bridgehead atoms. The fraction of sp³-hybridized carbons (Fsp3) is 0.312. The number of nitrogens with one attached hydrogen (secondary N) is 1. The smallest absolute Gasteiger partial charge is 0.256 e. The third-order valence-corrected chi connectivity index (χ3v) is 7.74. The number of nitrogens with zero attached hydrogens (tertiary/aromatic N) is 3. The maximum Gasteiger partial charge on any atom is 0.256 e. The maximum absolute atomic E-state index is 13.2. The average Bonchev–Trinajstić information content (AvgIpc) is 3.39. The molecule has 2 aliphatic heterocycles. The van der Waals surface area contributed by atoms with Gasteiger partial charge in [-0.05, 0) is 42.7 Å². The van der Waals surface area contributed by atoms with Gasteiger partial charge < -0.3 is 20.0 Å². The zero-order chi connectivity index (χ0) is 28.1. The Balaban J connectivity index is 1.15. The van der Waals surface area contributed by atoms with E-state index in [0.29, 0.717) is 50.3 Å². The van der Waals surface area contributed by atoms with Crippen LogP contribution >= 0.6 is 0 Å². The van der Waals surface area contributed by atoms with Crippen LogP contribution in [0.5, 0.6) is 0 Å². The van der Waals surface area contributed by atoms with Crippen LogP contribution in [0.2, 0.25) is 0 Å². The lowest BCUT2D eigenvalue weighted by Crippen LogP contribution is -2.44. The van der Waals surface area contributed by atoms with Crippen molar-refractivity contribution in [1.29, 1.82) is 0 Å². The minimum atomic E-state index is -0.371. The molecule has 1 atom stereocenters. The molecule has 0 aromatic heterocycles. The highest BCUT2D eigenvalue weighted by atomic mass is 16.2. The summed E-state index contributed by atoms with van der Waals surface area (Å²) in [6.45, 7) is 1.77. The second-order valence-corrected chi connectivity index (χ2v) is 10.5. The summed E-state index contributed by atoms with van der Waals surface area (Å²) in [5, 5.41) is 2.97. The minimum Gasteiger partial charge on any atom is -0.342 e. The summed E-state index contributed by atoms with van der Waals surface area (Å²) in [5.74, 6) is -1.02. The number of para-hydroxylation sites is 2. The van der Waals surface area contributed by atoms with Crippen LogP contribution in [-0.4, -0.2) is 60.1 Å². The zero-order valence-electron chi connectivity index (χ0n) is 22.7. The van der Waals surface area contributed by atoms with Crippen LogP contribution in [0, 0.1) is 11.8 Å². The molecule has 2 heterocycles. The molecular formula is C32H34N4O4. The van der Waals surface area contributed by atoms with Gasteiger partial charge in [0.05, 0.1) is 17.2 Å². The van der Waals surface area contributed by atoms with E-state index >= 15 is 0 Å². The molecule has 0 radical (unpaired) electrons. The van der Waals surface area contributed by atoms with Crippen LogP contribution in [0.3, 0.4) is 0 Å². The molecule has 2 fully saturated rings. The molecule has 2 aliphatic rings. The Morgan fingerprint density at radius 1 is 0.850 bits per heavy atom. The molecule has 3 aromatic rings. The zero-order valence-corrected chi connectivity index (χ0v) is 22.7. The van der Waals surface area contributed by atoms with Gasteiger partial charge in [-0.1, -0.05) is 60.7 Å². The third kappa shape index (κ3) is 6.06. The first-order valence-electron chi connectivity index (χ1n) is 13.7. The highest BCUT2D eigenvalue weighted by Crippen LogP contribution is 2.28. The lowest BCUT2D eigenvalue weighted by molar-refractivity contribution is -0.138. The van der Waals surface area contributed by atoms with Crippen LogP contribution in [-0.2, 0) is 20.9 Å². The van der Waals surface area contributed by atoms with Crippen molar-refractivity contribution < 1.29 is 19.2 Å². The highest BCUT2D eigenvalue weighted by Gasteiger charge is 2.38. The average molecular weight is 539 g/mol. The quantitative estimate of drug-likeness (QED) is 0.489. The number of carbonyl (C=O) groups excluding carboxylic acids is 4. The number of benzene rings is 3. The monoisotopic (exact) mass is 538 g/mol. The van der Waals surface area contributed by atoms with E-state index in [9.17, 15) is 19.2 Å². The van der Waals surface area contributed by atoms with E-state index in [0.717, 1.165) is 11.3 Å². The third-order valence-electron chi connectivity index (χ3n) is 7.74.